The number of carbonyl (C=O) groups excluding carboxylic acids is 2. The quantitative estimate of drug-likeness (QED) is 0.119. The number of nitrogens with zero attached hydrogens (tertiary/aromatic N) is 1. The number of allylic oxidation sites excluding steroid dienone is 4. The molecule has 2 N–H and O–H groups in total. The van der Waals surface area contributed by atoms with Crippen molar-refractivity contribution in [3.8, 4) is 17.1 Å². The summed E-state index contributed by atoms with van der Waals surface area (Å²) in [6.45, 7) is 4.58. The van der Waals surface area contributed by atoms with Gasteiger partial charge in [-0.05, 0) is 121 Å². The van der Waals surface area contributed by atoms with Crippen LogP contribution in [0.5, 0.6) is 5.75 Å². The van der Waals surface area contributed by atoms with Gasteiger partial charge in [0.25, 0.3) is 0 Å². The molecule has 5 aromatic rings. The number of fused-ring (bicyclic) bond motifs is 2. The lowest BCUT2D eigenvalue weighted by atomic mass is 9.32. The molecule has 1 aromatic heterocycles. The number of hydrogen-bond donors (Lipinski definition) is 2. The molecule has 4 aromatic carbocycles. The van der Waals surface area contributed by atoms with E-state index in [2.05, 4.69) is 32.1 Å². The van der Waals surface area contributed by atoms with Gasteiger partial charge >= 0.3 is 12.3 Å². The largest absolute Gasteiger partial charge is 0.453 e. The van der Waals surface area contributed by atoms with Gasteiger partial charge in [-0.3, -0.25) is 4.79 Å². The zero-order valence-electron chi connectivity index (χ0n) is 35.1. The highest BCUT2D eigenvalue weighted by Crippen LogP contribution is 2.78. The third kappa shape index (κ3) is 6.45. The molecule has 11 heteroatoms. The molecule has 3 fully saturated rings. The number of carbonyl (C=O) groups is 2. The molecule has 8 atom stereocenters. The van der Waals surface area contributed by atoms with Crippen LogP contribution in [0.1, 0.15) is 80.5 Å². The van der Waals surface area contributed by atoms with Crippen LogP contribution in [0.15, 0.2) is 131 Å². The summed E-state index contributed by atoms with van der Waals surface area (Å²) in [4.78, 5) is 31.2. The van der Waals surface area contributed by atoms with E-state index in [0.29, 0.717) is 49.8 Å². The zero-order valence-corrected chi connectivity index (χ0v) is 35.9. The molecule has 1 amide bonds. The molecular weight excluding hydrogens is 827 g/mol. The number of ketones is 1. The van der Waals surface area contributed by atoms with Crippen molar-refractivity contribution in [3.63, 3.8) is 0 Å². The first-order valence-electron chi connectivity index (χ1n) is 21.8. The minimum Gasteiger partial charge on any atom is -0.453 e. The normalized spacial score (nSPS) is 31.8. The van der Waals surface area contributed by atoms with Crippen LogP contribution in [0.4, 0.5) is 18.0 Å². The molecule has 1 heterocycles. The molecule has 7 nitrogen and oxygen atoms in total. The van der Waals surface area contributed by atoms with Crippen molar-refractivity contribution < 1.29 is 42.1 Å². The van der Waals surface area contributed by atoms with E-state index in [-0.39, 0.29) is 58.2 Å². The number of Topliss-reactive ketones (excluding diaryl/α,β-unsaturated/α-hetero) is 1. The summed E-state index contributed by atoms with van der Waals surface area (Å²) in [5.74, 6) is -0.257. The Labute approximate surface area is 369 Å². The van der Waals surface area contributed by atoms with Gasteiger partial charge in [0, 0.05) is 33.9 Å². The minimum absolute atomic E-state index is 0.00848. The molecule has 3 saturated carbocycles. The van der Waals surface area contributed by atoms with Crippen molar-refractivity contribution in [2.24, 2.45) is 33.5 Å². The Kier molecular flexibility index (Phi) is 9.75. The second kappa shape index (κ2) is 14.7. The first-order chi connectivity index (χ1) is 30.0. The molecule has 0 radical (unpaired) electrons. The summed E-state index contributed by atoms with van der Waals surface area (Å²) in [5, 5.41) is 26.4. The highest BCUT2D eigenvalue weighted by molar-refractivity contribution is 6.33. The van der Waals surface area contributed by atoms with Crippen LogP contribution in [-0.2, 0) is 12.7 Å². The van der Waals surface area contributed by atoms with E-state index >= 15 is 4.79 Å². The van der Waals surface area contributed by atoms with E-state index in [1.807, 2.05) is 66.7 Å². The highest BCUT2D eigenvalue weighted by Gasteiger charge is 2.74. The van der Waals surface area contributed by atoms with Gasteiger partial charge < -0.3 is 24.3 Å². The summed E-state index contributed by atoms with van der Waals surface area (Å²) in [5.41, 5.74) is -3.42. The smallest absolute Gasteiger partial charge is 0.416 e. The number of rotatable bonds is 8. The number of benzene rings is 4. The van der Waals surface area contributed by atoms with Crippen molar-refractivity contribution in [3.05, 3.63) is 149 Å². The van der Waals surface area contributed by atoms with Crippen molar-refractivity contribution in [2.45, 2.75) is 83.2 Å². The van der Waals surface area contributed by atoms with Crippen LogP contribution in [0.2, 0.25) is 5.02 Å². The summed E-state index contributed by atoms with van der Waals surface area (Å²) >= 11 is 6.42. The monoisotopic (exact) mass is 875 g/mol. The van der Waals surface area contributed by atoms with Crippen molar-refractivity contribution in [1.29, 1.82) is 0 Å². The summed E-state index contributed by atoms with van der Waals surface area (Å²) in [7, 11) is 0. The Morgan fingerprint density at radius 3 is 2.33 bits per heavy atom. The van der Waals surface area contributed by atoms with Gasteiger partial charge in [0.2, 0.25) is 5.78 Å². The van der Waals surface area contributed by atoms with Crippen LogP contribution in [0.25, 0.3) is 22.1 Å². The second-order valence-electron chi connectivity index (χ2n) is 19.2. The van der Waals surface area contributed by atoms with Crippen molar-refractivity contribution in [1.82, 2.24) is 4.90 Å². The molecule has 2 bridgehead atoms. The van der Waals surface area contributed by atoms with Gasteiger partial charge in [-0.1, -0.05) is 104 Å². The molecule has 0 saturated heterocycles. The Balaban J connectivity index is 1.02. The van der Waals surface area contributed by atoms with Gasteiger partial charge in [-0.25, -0.2) is 4.79 Å². The van der Waals surface area contributed by atoms with E-state index in [4.69, 9.17) is 20.8 Å². The molecule has 6 aliphatic carbocycles. The lowest BCUT2D eigenvalue weighted by Gasteiger charge is -2.71. The standard InChI is InChI=1S/C52H49ClF3NO6/c1-47-21-18-36(58)28-49(47)24-25-51(39(29-49)45(59)42-17-16-41(63-42)38-27-35(52(54,55)56)13-15-40(38)53)43(47)19-22-48(2)44(51)20-23-50(48,61)31-57(30-32-8-4-3-5-9-32)46(60)62-37-14-12-33-10-6-7-11-34(33)26-37/h3-17,24-27,29,36,43-44,58,61H,18-23,28,30-31H2,1-2H3/t36?,43-,44-,47-,48+,49+,50-,51-/m1/s1. The number of aliphatic hydroxyl groups excluding tert-OH is 1. The molecule has 63 heavy (non-hydrogen) atoms. The van der Waals surface area contributed by atoms with Gasteiger partial charge in [0.05, 0.1) is 28.8 Å². The van der Waals surface area contributed by atoms with Crippen LogP contribution in [0.3, 0.4) is 0 Å². The molecule has 6 aliphatic rings. The van der Waals surface area contributed by atoms with E-state index in [1.165, 1.54) is 18.2 Å². The van der Waals surface area contributed by atoms with E-state index < -0.39 is 45.8 Å². The average molecular weight is 876 g/mol. The first kappa shape index (κ1) is 41.8. The lowest BCUT2D eigenvalue weighted by Crippen LogP contribution is -2.67. The predicted molar refractivity (Wildman–Crippen MR) is 234 cm³/mol. The lowest BCUT2D eigenvalue weighted by molar-refractivity contribution is -0.175. The van der Waals surface area contributed by atoms with E-state index in [9.17, 15) is 28.2 Å². The number of hydrogen-bond acceptors (Lipinski definition) is 6. The second-order valence-corrected chi connectivity index (χ2v) is 19.6. The fraction of sp³-hybridized carbons (Fsp3) is 0.385. The molecule has 0 aliphatic heterocycles. The molecular formula is C52H49ClF3NO6. The maximum absolute atomic E-state index is 15.2. The number of aliphatic hydroxyl groups is 2. The number of ether oxygens (including phenoxy) is 1. The number of furan rings is 1. The molecule has 326 valence electrons. The molecule has 1 unspecified atom stereocenters. The Morgan fingerprint density at radius 1 is 0.841 bits per heavy atom. The molecule has 11 rings (SSSR count). The fourth-order valence-electron chi connectivity index (χ4n) is 12.9. The summed E-state index contributed by atoms with van der Waals surface area (Å²) in [6.07, 6.45) is 4.77. The SMILES string of the molecule is C[C@]12CC[C@H]3[C@]4(C=C[C@@]5(C=C4C(=O)c4ccc(-c6cc(C(F)(F)F)ccc6Cl)o4)CC(O)CC[C@]35C)[C@@H]1CC[C@@]2(O)CN(Cc1ccccc1)C(=O)Oc1ccc2ccccc2c1. The van der Waals surface area contributed by atoms with Crippen LogP contribution in [-0.4, -0.2) is 45.2 Å². The Morgan fingerprint density at radius 2 is 1.56 bits per heavy atom. The fourth-order valence-corrected chi connectivity index (χ4v) is 13.1. The van der Waals surface area contributed by atoms with Crippen LogP contribution >= 0.6 is 11.6 Å². The van der Waals surface area contributed by atoms with Crippen LogP contribution < -0.4 is 4.74 Å². The van der Waals surface area contributed by atoms with Crippen LogP contribution in [0, 0.1) is 33.5 Å². The third-order valence-electron chi connectivity index (χ3n) is 16.2. The number of alkyl halides is 3. The van der Waals surface area contributed by atoms with Gasteiger partial charge in [-0.2, -0.15) is 13.2 Å². The Hall–Kier alpha value is -5.16. The number of amides is 1. The maximum Gasteiger partial charge on any atom is 0.416 e. The van der Waals surface area contributed by atoms with E-state index in [1.54, 1.807) is 11.0 Å². The maximum atomic E-state index is 15.2. The topological polar surface area (TPSA) is 100 Å². The van der Waals surface area contributed by atoms with Crippen molar-refractivity contribution >= 4 is 34.2 Å². The summed E-state index contributed by atoms with van der Waals surface area (Å²) in [6, 6.07) is 28.9. The first-order valence-corrected chi connectivity index (χ1v) is 22.2. The molecule has 2 spiro atoms. The number of halogens is 4. The zero-order chi connectivity index (χ0) is 44.2. The highest BCUT2D eigenvalue weighted by atomic mass is 35.5. The van der Waals surface area contributed by atoms with Gasteiger partial charge in [0.1, 0.15) is 11.5 Å². The average Bonchev–Trinajstić information content (AvgIpc) is 3.85. The van der Waals surface area contributed by atoms with E-state index in [0.717, 1.165) is 34.9 Å². The Bertz CT molecular complexity index is 2710. The van der Waals surface area contributed by atoms with Gasteiger partial charge in [-0.15, -0.1) is 0 Å². The summed E-state index contributed by atoms with van der Waals surface area (Å²) < 4.78 is 53.5. The van der Waals surface area contributed by atoms with Crippen molar-refractivity contribution in [2.75, 3.05) is 6.54 Å². The predicted octanol–water partition coefficient (Wildman–Crippen LogP) is 12.2. The third-order valence-corrected chi connectivity index (χ3v) is 16.5. The van der Waals surface area contributed by atoms with Gasteiger partial charge in [0.15, 0.2) is 5.76 Å². The minimum atomic E-state index is -4.61.